The Morgan fingerprint density at radius 2 is 1.34 bits per heavy atom. The molecule has 13 nitrogen and oxygen atoms in total. The number of amides is 3. The summed E-state index contributed by atoms with van der Waals surface area (Å²) >= 11 is 0. The summed E-state index contributed by atoms with van der Waals surface area (Å²) in [5.41, 5.74) is 2.56. The zero-order valence-corrected chi connectivity index (χ0v) is 26.4. The molecule has 0 aliphatic carbocycles. The SMILES string of the molecule is O=C(NC(c1ccccc1)c1ccccc1)c1cc(=O)cc(C(=O)N[C@@H](Cc2ccccc2)[C@H](O)C(=O)Nc2cccc(-c3nn[nH]n3)c2)o1. The van der Waals surface area contributed by atoms with Crippen molar-refractivity contribution >= 4 is 23.4 Å². The topological polar surface area (TPSA) is 192 Å². The lowest BCUT2D eigenvalue weighted by atomic mass is 9.98. The Kier molecular flexibility index (Phi) is 10.3. The average molecular weight is 670 g/mol. The molecule has 6 aromatic rings. The number of aliphatic hydroxyl groups excluding tert-OH is 1. The van der Waals surface area contributed by atoms with E-state index in [1.807, 2.05) is 66.7 Å². The molecule has 0 radical (unpaired) electrons. The van der Waals surface area contributed by atoms with Crippen LogP contribution in [0.5, 0.6) is 0 Å². The molecule has 0 aliphatic heterocycles. The summed E-state index contributed by atoms with van der Waals surface area (Å²) in [6.07, 6.45) is -1.70. The summed E-state index contributed by atoms with van der Waals surface area (Å²) in [6, 6.07) is 34.2. The molecule has 0 aliphatic rings. The molecule has 5 N–H and O–H groups in total. The fourth-order valence-corrected chi connectivity index (χ4v) is 5.32. The zero-order valence-electron chi connectivity index (χ0n) is 26.4. The van der Waals surface area contributed by atoms with Crippen molar-refractivity contribution < 1.29 is 23.9 Å². The van der Waals surface area contributed by atoms with E-state index in [1.54, 1.807) is 48.5 Å². The molecule has 0 unspecified atom stereocenters. The minimum atomic E-state index is -1.75. The summed E-state index contributed by atoms with van der Waals surface area (Å²) in [6.45, 7) is 0. The van der Waals surface area contributed by atoms with Gasteiger partial charge in [-0.1, -0.05) is 103 Å². The quantitative estimate of drug-likeness (QED) is 0.129. The number of aromatic nitrogens is 4. The van der Waals surface area contributed by atoms with E-state index in [2.05, 4.69) is 36.6 Å². The van der Waals surface area contributed by atoms with Gasteiger partial charge < -0.3 is 25.5 Å². The third-order valence-corrected chi connectivity index (χ3v) is 7.75. The zero-order chi connectivity index (χ0) is 34.9. The monoisotopic (exact) mass is 669 g/mol. The second-order valence-electron chi connectivity index (χ2n) is 11.3. The average Bonchev–Trinajstić information content (AvgIpc) is 3.70. The van der Waals surface area contributed by atoms with Gasteiger partial charge in [-0.15, -0.1) is 10.2 Å². The van der Waals surface area contributed by atoms with Gasteiger partial charge in [0.1, 0.15) is 0 Å². The molecule has 2 heterocycles. The van der Waals surface area contributed by atoms with E-state index >= 15 is 0 Å². The van der Waals surface area contributed by atoms with Crippen LogP contribution in [0, 0.1) is 0 Å². The van der Waals surface area contributed by atoms with Gasteiger partial charge in [0, 0.05) is 23.4 Å². The lowest BCUT2D eigenvalue weighted by Gasteiger charge is -2.24. The summed E-state index contributed by atoms with van der Waals surface area (Å²) in [5, 5.41) is 33.2. The van der Waals surface area contributed by atoms with E-state index in [9.17, 15) is 24.3 Å². The van der Waals surface area contributed by atoms with Crippen LogP contribution in [0.15, 0.2) is 137 Å². The molecule has 0 fully saturated rings. The highest BCUT2D eigenvalue weighted by Crippen LogP contribution is 2.23. The van der Waals surface area contributed by atoms with Crippen molar-refractivity contribution in [2.24, 2.45) is 0 Å². The highest BCUT2D eigenvalue weighted by atomic mass is 16.4. The molecule has 0 saturated carbocycles. The number of rotatable bonds is 12. The Balaban J connectivity index is 1.22. The van der Waals surface area contributed by atoms with Crippen LogP contribution >= 0.6 is 0 Å². The van der Waals surface area contributed by atoms with Crippen LogP contribution in [0.25, 0.3) is 11.4 Å². The van der Waals surface area contributed by atoms with Gasteiger partial charge >= 0.3 is 0 Å². The van der Waals surface area contributed by atoms with Crippen molar-refractivity contribution in [3.05, 3.63) is 166 Å². The summed E-state index contributed by atoms with van der Waals surface area (Å²) < 4.78 is 5.66. The van der Waals surface area contributed by atoms with E-state index in [0.717, 1.165) is 23.3 Å². The van der Waals surface area contributed by atoms with E-state index in [1.165, 1.54) is 0 Å². The molecular weight excluding hydrogens is 638 g/mol. The smallest absolute Gasteiger partial charge is 0.287 e. The predicted octanol–water partition coefficient (Wildman–Crippen LogP) is 3.68. The maximum absolute atomic E-state index is 13.6. The number of H-pyrrole nitrogens is 1. The van der Waals surface area contributed by atoms with Crippen LogP contribution in [0.3, 0.4) is 0 Å². The van der Waals surface area contributed by atoms with E-state index in [0.29, 0.717) is 22.6 Å². The van der Waals surface area contributed by atoms with Gasteiger partial charge in [0.15, 0.2) is 23.1 Å². The molecule has 0 bridgehead atoms. The number of aromatic amines is 1. The molecule has 6 rings (SSSR count). The summed E-state index contributed by atoms with van der Waals surface area (Å²) in [7, 11) is 0. The van der Waals surface area contributed by atoms with Crippen LogP contribution in [0.1, 0.15) is 43.8 Å². The highest BCUT2D eigenvalue weighted by Gasteiger charge is 2.30. The minimum Gasteiger partial charge on any atom is -0.445 e. The Morgan fingerprint density at radius 3 is 1.94 bits per heavy atom. The van der Waals surface area contributed by atoms with Crippen molar-refractivity contribution in [1.82, 2.24) is 31.3 Å². The van der Waals surface area contributed by atoms with Crippen LogP contribution < -0.4 is 21.4 Å². The number of benzene rings is 4. The number of carbonyl (C=O) groups is 3. The summed E-state index contributed by atoms with van der Waals surface area (Å²) in [5.74, 6) is -3.00. The Morgan fingerprint density at radius 1 is 0.740 bits per heavy atom. The van der Waals surface area contributed by atoms with Gasteiger partial charge in [-0.05, 0) is 40.5 Å². The first-order valence-corrected chi connectivity index (χ1v) is 15.6. The summed E-state index contributed by atoms with van der Waals surface area (Å²) in [4.78, 5) is 53.1. The standard InChI is InChI=1S/C37H31N7O6/c45-28-21-30(50-31(22-28)36(48)40-32(24-13-6-2-7-14-24)25-15-8-3-9-16-25)35(47)39-29(19-23-11-4-1-5-12-23)33(46)37(49)38-27-18-10-17-26(20-27)34-41-43-44-42-34/h1-18,20-22,29,32-33,46H,19H2,(H,38,49)(H,39,47)(H,40,48)(H,41,42,43,44)/t29-,33-/m0/s1. The highest BCUT2D eigenvalue weighted by molar-refractivity contribution is 5.97. The van der Waals surface area contributed by atoms with E-state index in [-0.39, 0.29) is 12.2 Å². The van der Waals surface area contributed by atoms with Crippen molar-refractivity contribution in [3.8, 4) is 11.4 Å². The van der Waals surface area contributed by atoms with E-state index < -0.39 is 47.1 Å². The maximum atomic E-state index is 13.6. The number of nitrogens with zero attached hydrogens (tertiary/aromatic N) is 3. The number of anilines is 1. The molecule has 250 valence electrons. The Labute approximate surface area is 285 Å². The fourth-order valence-electron chi connectivity index (χ4n) is 5.32. The number of tetrazole rings is 1. The molecule has 0 spiro atoms. The van der Waals surface area contributed by atoms with Gasteiger partial charge in [-0.25, -0.2) is 0 Å². The molecule has 3 amide bonds. The van der Waals surface area contributed by atoms with Crippen molar-refractivity contribution in [2.45, 2.75) is 24.6 Å². The van der Waals surface area contributed by atoms with Crippen LogP contribution in [-0.2, 0) is 11.2 Å². The van der Waals surface area contributed by atoms with Crippen molar-refractivity contribution in [2.75, 3.05) is 5.32 Å². The van der Waals surface area contributed by atoms with Gasteiger partial charge in [0.2, 0.25) is 5.82 Å². The number of hydrogen-bond donors (Lipinski definition) is 5. The van der Waals surface area contributed by atoms with Gasteiger partial charge in [0.05, 0.1) is 12.1 Å². The third kappa shape index (κ3) is 8.21. The molecule has 13 heteroatoms. The molecule has 4 aromatic carbocycles. The van der Waals surface area contributed by atoms with Crippen molar-refractivity contribution in [3.63, 3.8) is 0 Å². The molecule has 2 atom stereocenters. The fraction of sp³-hybridized carbons (Fsp3) is 0.108. The normalized spacial score (nSPS) is 12.1. The number of aliphatic hydroxyl groups is 1. The van der Waals surface area contributed by atoms with Gasteiger partial charge in [0.25, 0.3) is 17.7 Å². The number of hydrogen-bond acceptors (Lipinski definition) is 9. The number of nitrogens with one attached hydrogen (secondary N) is 4. The first-order chi connectivity index (χ1) is 24.3. The van der Waals surface area contributed by atoms with Crippen LogP contribution in [-0.4, -0.2) is 55.6 Å². The lowest BCUT2D eigenvalue weighted by Crippen LogP contribution is -2.50. The van der Waals surface area contributed by atoms with Gasteiger partial charge in [-0.3, -0.25) is 19.2 Å². The first-order valence-electron chi connectivity index (χ1n) is 15.6. The molecule has 50 heavy (non-hydrogen) atoms. The third-order valence-electron chi connectivity index (χ3n) is 7.75. The second-order valence-corrected chi connectivity index (χ2v) is 11.3. The minimum absolute atomic E-state index is 0.0459. The Hall–Kier alpha value is -6.73. The molecular formula is C37H31N7O6. The van der Waals surface area contributed by atoms with Crippen LogP contribution in [0.2, 0.25) is 0 Å². The first kappa shape index (κ1) is 33.2. The number of carbonyl (C=O) groups excluding carboxylic acids is 3. The van der Waals surface area contributed by atoms with Gasteiger partial charge in [-0.2, -0.15) is 5.21 Å². The predicted molar refractivity (Wildman–Crippen MR) is 183 cm³/mol. The lowest BCUT2D eigenvalue weighted by molar-refractivity contribution is -0.125. The Bertz CT molecular complexity index is 2090. The van der Waals surface area contributed by atoms with Crippen LogP contribution in [0.4, 0.5) is 5.69 Å². The molecule has 2 aromatic heterocycles. The largest absolute Gasteiger partial charge is 0.445 e. The molecule has 0 saturated heterocycles. The van der Waals surface area contributed by atoms with E-state index in [4.69, 9.17) is 4.42 Å². The van der Waals surface area contributed by atoms with Crippen molar-refractivity contribution in [1.29, 1.82) is 0 Å². The second kappa shape index (κ2) is 15.4. The maximum Gasteiger partial charge on any atom is 0.287 e.